The van der Waals surface area contributed by atoms with Crippen LogP contribution < -0.4 is 10.2 Å². The molecule has 14 heteroatoms. The summed E-state index contributed by atoms with van der Waals surface area (Å²) >= 11 is 6.44. The van der Waals surface area contributed by atoms with Gasteiger partial charge in [-0.05, 0) is 32.3 Å². The van der Waals surface area contributed by atoms with E-state index in [0.29, 0.717) is 24.2 Å². The SMILES string of the molecule is CC/C(C)=C(Cl)/N=C(\C)C(=O)N[C@@H]1CCN(c2nc(C(F)(F)F)c(C(=O)OF)s2)C[C@@H]1OC. The van der Waals surface area contributed by atoms with Crippen LogP contribution in [-0.4, -0.2) is 54.9 Å². The number of piperidine rings is 1. The number of thiazole rings is 1. The number of aliphatic imine (C=N–C) groups is 1. The van der Waals surface area contributed by atoms with Crippen LogP contribution in [0.2, 0.25) is 0 Å². The normalized spacial score (nSPS) is 20.4. The van der Waals surface area contributed by atoms with Gasteiger partial charge < -0.3 is 15.0 Å². The monoisotopic (exact) mass is 514 g/mol. The molecule has 1 saturated heterocycles. The molecular weight excluding hydrogens is 492 g/mol. The first-order valence-corrected chi connectivity index (χ1v) is 11.0. The molecule has 1 aliphatic heterocycles. The quantitative estimate of drug-likeness (QED) is 0.332. The smallest absolute Gasteiger partial charge is 0.377 e. The fourth-order valence-corrected chi connectivity index (χ4v) is 4.26. The Morgan fingerprint density at radius 3 is 2.58 bits per heavy atom. The van der Waals surface area contributed by atoms with Crippen molar-refractivity contribution in [2.75, 3.05) is 25.1 Å². The highest BCUT2D eigenvalue weighted by atomic mass is 35.5. The number of carbonyl (C=O) groups excluding carboxylic acids is 2. The zero-order valence-corrected chi connectivity index (χ0v) is 19.8. The van der Waals surface area contributed by atoms with Crippen molar-refractivity contribution in [3.8, 4) is 0 Å². The van der Waals surface area contributed by atoms with E-state index >= 15 is 0 Å². The Kier molecular flexibility index (Phi) is 9.20. The van der Waals surface area contributed by atoms with E-state index in [2.05, 4.69) is 20.2 Å². The van der Waals surface area contributed by atoms with E-state index < -0.39 is 40.8 Å². The highest BCUT2D eigenvalue weighted by Crippen LogP contribution is 2.38. The van der Waals surface area contributed by atoms with Crippen LogP contribution in [0.3, 0.4) is 0 Å². The fraction of sp³-hybridized carbons (Fsp3) is 0.579. The average Bonchev–Trinajstić information content (AvgIpc) is 3.24. The van der Waals surface area contributed by atoms with Gasteiger partial charge in [0.2, 0.25) is 0 Å². The number of hydrogen-bond donors (Lipinski definition) is 1. The molecule has 1 amide bonds. The van der Waals surface area contributed by atoms with Gasteiger partial charge in [-0.25, -0.2) is 19.7 Å². The Labute approximate surface area is 196 Å². The fourth-order valence-electron chi connectivity index (χ4n) is 3.02. The number of rotatable bonds is 7. The molecule has 0 spiro atoms. The summed E-state index contributed by atoms with van der Waals surface area (Å²) in [6, 6.07) is -0.462. The number of halogens is 5. The first kappa shape index (κ1) is 27.0. The molecule has 184 valence electrons. The zero-order valence-electron chi connectivity index (χ0n) is 18.3. The van der Waals surface area contributed by atoms with Crippen molar-refractivity contribution < 1.29 is 37.0 Å². The third-order valence-corrected chi connectivity index (χ3v) is 6.57. The third-order valence-electron chi connectivity index (χ3n) is 5.07. The average molecular weight is 515 g/mol. The van der Waals surface area contributed by atoms with Crippen LogP contribution in [0.5, 0.6) is 0 Å². The van der Waals surface area contributed by atoms with Gasteiger partial charge in [0.05, 0.1) is 12.1 Å². The van der Waals surface area contributed by atoms with Crippen molar-refractivity contribution >= 4 is 45.7 Å². The summed E-state index contributed by atoms with van der Waals surface area (Å²) in [5.41, 5.74) is -0.549. The molecule has 2 heterocycles. The maximum Gasteiger partial charge on any atom is 0.435 e. The lowest BCUT2D eigenvalue weighted by Gasteiger charge is -2.37. The molecule has 1 aromatic rings. The second kappa shape index (κ2) is 11.3. The number of alkyl halides is 3. The van der Waals surface area contributed by atoms with Crippen molar-refractivity contribution in [1.82, 2.24) is 10.3 Å². The largest absolute Gasteiger partial charge is 0.435 e. The van der Waals surface area contributed by atoms with Gasteiger partial charge in [-0.3, -0.25) is 4.79 Å². The van der Waals surface area contributed by atoms with Gasteiger partial charge in [0, 0.05) is 24.7 Å². The number of nitrogens with one attached hydrogen (secondary N) is 1. The summed E-state index contributed by atoms with van der Waals surface area (Å²) in [5.74, 6) is -2.23. The van der Waals surface area contributed by atoms with E-state index in [4.69, 9.17) is 16.3 Å². The molecule has 0 aliphatic carbocycles. The Balaban J connectivity index is 2.17. The Hall–Kier alpha value is -2.25. The van der Waals surface area contributed by atoms with Gasteiger partial charge >= 0.3 is 12.1 Å². The van der Waals surface area contributed by atoms with Gasteiger partial charge in [0.15, 0.2) is 15.7 Å². The molecule has 33 heavy (non-hydrogen) atoms. The van der Waals surface area contributed by atoms with Gasteiger partial charge in [-0.15, -0.1) is 0 Å². The van der Waals surface area contributed by atoms with Gasteiger partial charge in [0.1, 0.15) is 10.9 Å². The second-order valence-corrected chi connectivity index (χ2v) is 8.58. The number of allylic oxidation sites excluding steroid dienone is 1. The Morgan fingerprint density at radius 2 is 2.03 bits per heavy atom. The number of carbonyl (C=O) groups is 2. The minimum Gasteiger partial charge on any atom is -0.377 e. The summed E-state index contributed by atoms with van der Waals surface area (Å²) in [6.45, 7) is 5.49. The van der Waals surface area contributed by atoms with Gasteiger partial charge in [0.25, 0.3) is 5.91 Å². The predicted octanol–water partition coefficient (Wildman–Crippen LogP) is 4.25. The molecule has 8 nitrogen and oxygen atoms in total. The molecule has 0 unspecified atom stereocenters. The molecular formula is C19H23ClF4N4O4S. The molecule has 1 aliphatic rings. The van der Waals surface area contributed by atoms with Crippen LogP contribution in [0, 0.1) is 0 Å². The lowest BCUT2D eigenvalue weighted by molar-refractivity contribution is -0.142. The molecule has 0 saturated carbocycles. The first-order chi connectivity index (χ1) is 15.4. The molecule has 0 bridgehead atoms. The van der Waals surface area contributed by atoms with Crippen LogP contribution in [0.4, 0.5) is 22.8 Å². The summed E-state index contributed by atoms with van der Waals surface area (Å²) in [4.78, 5) is 35.0. The molecule has 0 aromatic carbocycles. The number of anilines is 1. The Bertz CT molecular complexity index is 951. The van der Waals surface area contributed by atoms with Crippen molar-refractivity contribution in [3.05, 3.63) is 21.3 Å². The van der Waals surface area contributed by atoms with Crippen LogP contribution in [0.15, 0.2) is 15.7 Å². The minimum absolute atomic E-state index is 0.0716. The summed E-state index contributed by atoms with van der Waals surface area (Å²) in [7, 11) is 1.40. The van der Waals surface area contributed by atoms with E-state index in [1.807, 2.05) is 6.92 Å². The van der Waals surface area contributed by atoms with E-state index in [1.54, 1.807) is 6.92 Å². The predicted molar refractivity (Wildman–Crippen MR) is 115 cm³/mol. The first-order valence-electron chi connectivity index (χ1n) is 9.82. The highest BCUT2D eigenvalue weighted by Gasteiger charge is 2.42. The van der Waals surface area contributed by atoms with Crippen LogP contribution in [0.25, 0.3) is 0 Å². The van der Waals surface area contributed by atoms with Crippen LogP contribution in [0.1, 0.15) is 49.0 Å². The summed E-state index contributed by atoms with van der Waals surface area (Å²) in [6.07, 6.45) is -4.58. The number of aromatic nitrogens is 1. The Morgan fingerprint density at radius 1 is 1.36 bits per heavy atom. The maximum atomic E-state index is 13.2. The summed E-state index contributed by atoms with van der Waals surface area (Å²) in [5, 5.41) is 2.89. The van der Waals surface area contributed by atoms with Gasteiger partial charge in [-0.1, -0.05) is 29.9 Å². The van der Waals surface area contributed by atoms with E-state index in [-0.39, 0.29) is 29.1 Å². The standard InChI is InChI=1S/C19H23ClF4N4O4S/c1-5-9(2)15(20)25-10(3)16(29)26-11-6-7-28(8-12(11)31-4)18-27-14(19(21,22)23)13(33-18)17(30)32-24/h11-12H,5-8H2,1-4H3,(H,26,29)/b15-9+,25-10+/t11-,12+/m1/s1. The molecule has 2 atom stereocenters. The van der Waals surface area contributed by atoms with Crippen molar-refractivity contribution in [2.24, 2.45) is 4.99 Å². The second-order valence-electron chi connectivity index (χ2n) is 7.25. The van der Waals surface area contributed by atoms with E-state index in [9.17, 15) is 27.3 Å². The topological polar surface area (TPSA) is 93.1 Å². The molecule has 1 fully saturated rings. The highest BCUT2D eigenvalue weighted by molar-refractivity contribution is 7.17. The number of nitrogens with zero attached hydrogens (tertiary/aromatic N) is 3. The minimum atomic E-state index is -4.96. The lowest BCUT2D eigenvalue weighted by Crippen LogP contribution is -2.55. The lowest BCUT2D eigenvalue weighted by atomic mass is 10.0. The third kappa shape index (κ3) is 6.64. The number of amides is 1. The molecule has 1 N–H and O–H groups in total. The number of ether oxygens (including phenoxy) is 1. The van der Waals surface area contributed by atoms with E-state index in [0.717, 1.165) is 5.57 Å². The van der Waals surface area contributed by atoms with Crippen molar-refractivity contribution in [2.45, 2.75) is 51.9 Å². The van der Waals surface area contributed by atoms with Crippen molar-refractivity contribution in [3.63, 3.8) is 0 Å². The molecule has 2 rings (SSSR count). The maximum absolute atomic E-state index is 13.2. The van der Waals surface area contributed by atoms with Gasteiger partial charge in [-0.2, -0.15) is 13.2 Å². The number of hydrogen-bond acceptors (Lipinski definition) is 8. The number of methoxy groups -OCH3 is 1. The van der Waals surface area contributed by atoms with Crippen molar-refractivity contribution in [1.29, 1.82) is 0 Å². The van der Waals surface area contributed by atoms with E-state index in [1.165, 1.54) is 18.9 Å². The van der Waals surface area contributed by atoms with Crippen LogP contribution in [-0.2, 0) is 20.6 Å². The molecule has 1 aromatic heterocycles. The zero-order chi connectivity index (χ0) is 24.9. The molecule has 0 radical (unpaired) electrons. The summed E-state index contributed by atoms with van der Waals surface area (Å²) < 4.78 is 57.3. The van der Waals surface area contributed by atoms with Crippen LogP contribution >= 0.6 is 22.9 Å².